The van der Waals surface area contributed by atoms with E-state index in [0.29, 0.717) is 18.1 Å². The zero-order valence-electron chi connectivity index (χ0n) is 13.8. The topological polar surface area (TPSA) is 42.7 Å². The molecule has 0 unspecified atom stereocenters. The Morgan fingerprint density at radius 3 is 2.48 bits per heavy atom. The van der Waals surface area contributed by atoms with Crippen LogP contribution in [0.5, 0.6) is 5.75 Å². The minimum atomic E-state index is -0.320. The third-order valence-electron chi connectivity index (χ3n) is 3.68. The first-order valence-electron chi connectivity index (χ1n) is 7.88. The molecule has 4 nitrogen and oxygen atoms in total. The monoisotopic (exact) mass is 339 g/mol. The molecule has 0 saturated carbocycles. The van der Waals surface area contributed by atoms with E-state index in [4.69, 9.17) is 9.15 Å². The lowest BCUT2D eigenvalue weighted by Crippen LogP contribution is -2.25. The molecule has 1 amide bonds. The van der Waals surface area contributed by atoms with Crippen molar-refractivity contribution >= 4 is 5.91 Å². The number of amides is 1. The predicted molar refractivity (Wildman–Crippen MR) is 91.7 cm³/mol. The Kier molecular flexibility index (Phi) is 5.14. The van der Waals surface area contributed by atoms with E-state index >= 15 is 0 Å². The first-order valence-corrected chi connectivity index (χ1v) is 7.88. The van der Waals surface area contributed by atoms with Crippen LogP contribution >= 0.6 is 0 Å². The molecule has 0 atom stereocenters. The Bertz CT molecular complexity index is 828. The van der Waals surface area contributed by atoms with Gasteiger partial charge in [-0.1, -0.05) is 30.3 Å². The molecule has 3 aromatic rings. The maximum Gasteiger partial charge on any atom is 0.289 e. The van der Waals surface area contributed by atoms with E-state index in [2.05, 4.69) is 0 Å². The Morgan fingerprint density at radius 1 is 1.04 bits per heavy atom. The molecule has 0 fully saturated rings. The first-order chi connectivity index (χ1) is 12.1. The number of ether oxygens (including phenoxy) is 1. The van der Waals surface area contributed by atoms with Gasteiger partial charge in [0, 0.05) is 13.6 Å². The van der Waals surface area contributed by atoms with Gasteiger partial charge in [0.15, 0.2) is 5.76 Å². The van der Waals surface area contributed by atoms with Crippen molar-refractivity contribution in [3.05, 3.63) is 89.6 Å². The summed E-state index contributed by atoms with van der Waals surface area (Å²) < 4.78 is 23.9. The summed E-state index contributed by atoms with van der Waals surface area (Å²) in [5.74, 6) is 0.806. The molecule has 0 aliphatic rings. The summed E-state index contributed by atoms with van der Waals surface area (Å²) in [6, 6.07) is 18.8. The van der Waals surface area contributed by atoms with Crippen molar-refractivity contribution in [2.75, 3.05) is 7.05 Å². The van der Waals surface area contributed by atoms with Crippen molar-refractivity contribution in [2.45, 2.75) is 13.2 Å². The van der Waals surface area contributed by atoms with Crippen molar-refractivity contribution in [3.8, 4) is 5.75 Å². The van der Waals surface area contributed by atoms with Crippen molar-refractivity contribution in [3.63, 3.8) is 0 Å². The smallest absolute Gasteiger partial charge is 0.289 e. The van der Waals surface area contributed by atoms with Crippen molar-refractivity contribution in [1.29, 1.82) is 0 Å². The number of furan rings is 1. The van der Waals surface area contributed by atoms with Gasteiger partial charge in [-0.05, 0) is 42.0 Å². The summed E-state index contributed by atoms with van der Waals surface area (Å²) >= 11 is 0. The van der Waals surface area contributed by atoms with Crippen molar-refractivity contribution in [2.24, 2.45) is 0 Å². The Morgan fingerprint density at radius 2 is 1.76 bits per heavy atom. The second-order valence-electron chi connectivity index (χ2n) is 5.66. The number of hydrogen-bond acceptors (Lipinski definition) is 3. The predicted octanol–water partition coefficient (Wildman–Crippen LogP) is 4.27. The summed E-state index contributed by atoms with van der Waals surface area (Å²) in [6.07, 6.45) is 0. The Hall–Kier alpha value is -3.08. The summed E-state index contributed by atoms with van der Waals surface area (Å²) in [6.45, 7) is 0.670. The van der Waals surface area contributed by atoms with E-state index in [9.17, 15) is 9.18 Å². The highest BCUT2D eigenvalue weighted by atomic mass is 19.1. The zero-order valence-corrected chi connectivity index (χ0v) is 13.8. The number of nitrogens with zero attached hydrogens (tertiary/aromatic N) is 1. The summed E-state index contributed by atoms with van der Waals surface area (Å²) in [4.78, 5) is 14.0. The average molecular weight is 339 g/mol. The van der Waals surface area contributed by atoms with Gasteiger partial charge in [-0.2, -0.15) is 0 Å². The van der Waals surface area contributed by atoms with Crippen molar-refractivity contribution in [1.82, 2.24) is 4.90 Å². The van der Waals surface area contributed by atoms with Crippen molar-refractivity contribution < 1.29 is 18.3 Å². The standard InChI is InChI=1S/C20H18FNO3/c1-22(13-15-5-3-2-4-6-15)20(23)19-12-11-18(25-19)14-24-17-9-7-16(21)8-10-17/h2-12H,13-14H2,1H3. The number of benzene rings is 2. The molecule has 25 heavy (non-hydrogen) atoms. The van der Waals surface area contributed by atoms with Crippen LogP contribution in [0.1, 0.15) is 21.9 Å². The number of carbonyl (C=O) groups is 1. The third kappa shape index (κ3) is 4.47. The van der Waals surface area contributed by atoms with Crippen LogP contribution in [0.25, 0.3) is 0 Å². The molecule has 128 valence electrons. The molecule has 0 bridgehead atoms. The SMILES string of the molecule is CN(Cc1ccccc1)C(=O)c1ccc(COc2ccc(F)cc2)o1. The molecule has 0 N–H and O–H groups in total. The maximum atomic E-state index is 12.9. The zero-order chi connectivity index (χ0) is 17.6. The van der Waals surface area contributed by atoms with Crippen LogP contribution in [0, 0.1) is 5.82 Å². The van der Waals surface area contributed by atoms with Gasteiger partial charge < -0.3 is 14.1 Å². The van der Waals surface area contributed by atoms with E-state index in [1.165, 1.54) is 24.3 Å². The minimum absolute atomic E-state index is 0.168. The molecule has 1 heterocycles. The van der Waals surface area contributed by atoms with Crippen LogP contribution < -0.4 is 4.74 Å². The number of halogens is 1. The molecule has 2 aromatic carbocycles. The van der Waals surface area contributed by atoms with Crippen LogP contribution in [0.15, 0.2) is 71.1 Å². The molecular weight excluding hydrogens is 321 g/mol. The Balaban J connectivity index is 1.58. The first kappa shape index (κ1) is 16.8. The van der Waals surface area contributed by atoms with Crippen LogP contribution in [-0.4, -0.2) is 17.9 Å². The minimum Gasteiger partial charge on any atom is -0.486 e. The van der Waals surface area contributed by atoms with Gasteiger partial charge >= 0.3 is 0 Å². The maximum absolute atomic E-state index is 12.9. The second kappa shape index (κ2) is 7.66. The lowest BCUT2D eigenvalue weighted by molar-refractivity contribution is 0.0749. The highest BCUT2D eigenvalue weighted by Gasteiger charge is 2.16. The number of carbonyl (C=O) groups excluding carboxylic acids is 1. The largest absolute Gasteiger partial charge is 0.486 e. The molecule has 0 aliphatic carbocycles. The van der Waals surface area contributed by atoms with E-state index in [1.807, 2.05) is 30.3 Å². The highest BCUT2D eigenvalue weighted by Crippen LogP contribution is 2.16. The molecule has 0 saturated heterocycles. The van der Waals surface area contributed by atoms with E-state index in [1.54, 1.807) is 24.1 Å². The summed E-state index contributed by atoms with van der Waals surface area (Å²) in [5.41, 5.74) is 1.05. The molecule has 0 spiro atoms. The van der Waals surface area contributed by atoms with E-state index in [0.717, 1.165) is 5.56 Å². The Labute approximate surface area is 145 Å². The fraction of sp³-hybridized carbons (Fsp3) is 0.150. The van der Waals surface area contributed by atoms with Crippen LogP contribution in [-0.2, 0) is 13.2 Å². The van der Waals surface area contributed by atoms with E-state index < -0.39 is 0 Å². The van der Waals surface area contributed by atoms with Gasteiger partial charge in [-0.15, -0.1) is 0 Å². The fourth-order valence-electron chi connectivity index (χ4n) is 2.37. The molecule has 3 rings (SSSR count). The second-order valence-corrected chi connectivity index (χ2v) is 5.66. The third-order valence-corrected chi connectivity index (χ3v) is 3.68. The average Bonchev–Trinajstić information content (AvgIpc) is 3.10. The van der Waals surface area contributed by atoms with Gasteiger partial charge in [-0.3, -0.25) is 4.79 Å². The van der Waals surface area contributed by atoms with Gasteiger partial charge in [0.2, 0.25) is 0 Å². The van der Waals surface area contributed by atoms with Crippen LogP contribution in [0.4, 0.5) is 4.39 Å². The highest BCUT2D eigenvalue weighted by molar-refractivity contribution is 5.91. The van der Waals surface area contributed by atoms with Gasteiger partial charge in [0.1, 0.15) is 23.9 Å². The van der Waals surface area contributed by atoms with Gasteiger partial charge in [0.05, 0.1) is 0 Å². The van der Waals surface area contributed by atoms with Crippen LogP contribution in [0.3, 0.4) is 0 Å². The number of hydrogen-bond donors (Lipinski definition) is 0. The molecular formula is C20H18FNO3. The number of rotatable bonds is 6. The normalized spacial score (nSPS) is 10.5. The summed E-state index contributed by atoms with van der Waals surface area (Å²) in [7, 11) is 1.73. The quantitative estimate of drug-likeness (QED) is 0.673. The van der Waals surface area contributed by atoms with E-state index in [-0.39, 0.29) is 24.1 Å². The molecule has 1 aromatic heterocycles. The molecule has 0 aliphatic heterocycles. The molecule has 0 radical (unpaired) electrons. The lowest BCUT2D eigenvalue weighted by Gasteiger charge is -2.15. The molecule has 5 heteroatoms. The fourth-order valence-corrected chi connectivity index (χ4v) is 2.37. The van der Waals surface area contributed by atoms with Crippen LogP contribution in [0.2, 0.25) is 0 Å². The summed E-state index contributed by atoms with van der Waals surface area (Å²) in [5, 5.41) is 0. The van der Waals surface area contributed by atoms with Gasteiger partial charge in [0.25, 0.3) is 5.91 Å². The lowest BCUT2D eigenvalue weighted by atomic mass is 10.2. The van der Waals surface area contributed by atoms with Gasteiger partial charge in [-0.25, -0.2) is 4.39 Å².